The highest BCUT2D eigenvalue weighted by molar-refractivity contribution is 8.03. The second kappa shape index (κ2) is 7.71. The molecule has 0 fully saturated rings. The second-order valence-corrected chi connectivity index (χ2v) is 5.42. The molecule has 0 spiro atoms. The molecule has 6 heteroatoms. The number of hydrogen-bond acceptors (Lipinski definition) is 3. The minimum atomic E-state index is -4.36. The minimum Gasteiger partial charge on any atom is -0.301 e. The molecule has 0 aromatic heterocycles. The van der Waals surface area contributed by atoms with E-state index in [1.807, 2.05) is 6.92 Å². The highest BCUT2D eigenvalue weighted by Crippen LogP contribution is 2.39. The van der Waals surface area contributed by atoms with Gasteiger partial charge in [0.15, 0.2) is 0 Å². The monoisotopic (exact) mass is 305 g/mol. The van der Waals surface area contributed by atoms with Gasteiger partial charge in [-0.3, -0.25) is 0 Å². The van der Waals surface area contributed by atoms with Crippen LogP contribution in [0.25, 0.3) is 0 Å². The molecule has 0 aliphatic rings. The van der Waals surface area contributed by atoms with Gasteiger partial charge in [-0.2, -0.15) is 18.7 Å². The fraction of sp³-hybridized carbons (Fsp3) is 0.429. The van der Waals surface area contributed by atoms with Crippen molar-refractivity contribution in [2.24, 2.45) is 0 Å². The number of hydrogen-bond donors (Lipinski definition) is 1. The molecule has 0 radical (unpaired) electrons. The van der Waals surface area contributed by atoms with Gasteiger partial charge in [-0.15, -0.1) is 0 Å². The van der Waals surface area contributed by atoms with Crippen molar-refractivity contribution in [1.82, 2.24) is 5.48 Å². The Morgan fingerprint density at radius 1 is 1.40 bits per heavy atom. The van der Waals surface area contributed by atoms with Gasteiger partial charge in [-0.25, -0.2) is 0 Å². The van der Waals surface area contributed by atoms with E-state index in [2.05, 4.69) is 12.1 Å². The van der Waals surface area contributed by atoms with Crippen molar-refractivity contribution in [3.8, 4) is 0 Å². The lowest BCUT2D eigenvalue weighted by molar-refractivity contribution is -0.139. The maximum atomic E-state index is 12.9. The third-order valence-corrected chi connectivity index (χ3v) is 3.67. The first kappa shape index (κ1) is 17.1. The summed E-state index contributed by atoms with van der Waals surface area (Å²) in [5.41, 5.74) is 2.11. The number of alkyl halides is 3. The Morgan fingerprint density at radius 3 is 2.65 bits per heavy atom. The second-order valence-electron chi connectivity index (χ2n) is 4.25. The molecule has 1 aromatic rings. The smallest absolute Gasteiger partial charge is 0.301 e. The normalized spacial score (nSPS) is 13.2. The van der Waals surface area contributed by atoms with Crippen LogP contribution in [0.4, 0.5) is 13.2 Å². The Morgan fingerprint density at radius 2 is 2.05 bits per heavy atom. The zero-order valence-corrected chi connectivity index (χ0v) is 12.3. The van der Waals surface area contributed by atoms with Crippen molar-refractivity contribution in [2.45, 2.75) is 37.4 Å². The van der Waals surface area contributed by atoms with Crippen LogP contribution in [0.3, 0.4) is 0 Å². The number of nitrogens with one attached hydrogen (secondary N) is 1. The fourth-order valence-corrected chi connectivity index (χ4v) is 2.32. The molecule has 1 atom stereocenters. The molecule has 2 nitrogen and oxygen atoms in total. The Bertz CT molecular complexity index is 448. The standard InChI is InChI=1S/C14H18F3NOS/c1-4-9-19-18-10(2)11(3)20-13-8-6-5-7-12(13)14(15,16)17/h5-8,10,18H,3-4,9H2,1-2H3. The molecule has 1 unspecified atom stereocenters. The summed E-state index contributed by atoms with van der Waals surface area (Å²) in [5, 5.41) is 0. The summed E-state index contributed by atoms with van der Waals surface area (Å²) in [4.78, 5) is 5.87. The summed E-state index contributed by atoms with van der Waals surface area (Å²) in [6.45, 7) is 8.11. The number of hydroxylamine groups is 1. The van der Waals surface area contributed by atoms with Crippen LogP contribution in [-0.2, 0) is 11.0 Å². The third-order valence-electron chi connectivity index (χ3n) is 2.48. The van der Waals surface area contributed by atoms with Crippen molar-refractivity contribution in [2.75, 3.05) is 6.61 Å². The summed E-state index contributed by atoms with van der Waals surface area (Å²) in [6, 6.07) is 5.23. The summed E-state index contributed by atoms with van der Waals surface area (Å²) in [6.07, 6.45) is -3.50. The zero-order valence-electron chi connectivity index (χ0n) is 11.5. The number of halogens is 3. The van der Waals surface area contributed by atoms with Crippen molar-refractivity contribution in [3.05, 3.63) is 41.3 Å². The van der Waals surface area contributed by atoms with Gasteiger partial charge in [-0.1, -0.05) is 37.4 Å². The third kappa shape index (κ3) is 5.19. The Kier molecular flexibility index (Phi) is 6.58. The fourth-order valence-electron chi connectivity index (χ4n) is 1.37. The maximum absolute atomic E-state index is 12.9. The van der Waals surface area contributed by atoms with E-state index in [9.17, 15) is 13.2 Å². The SMILES string of the molecule is C=C(Sc1ccccc1C(F)(F)F)C(C)NOCCC. The quantitative estimate of drug-likeness (QED) is 0.451. The van der Waals surface area contributed by atoms with E-state index in [0.717, 1.165) is 24.2 Å². The Labute approximate surface area is 121 Å². The Hall–Kier alpha value is -0.980. The van der Waals surface area contributed by atoms with Crippen LogP contribution in [0, 0.1) is 0 Å². The molecule has 0 saturated heterocycles. The molecule has 0 bridgehead atoms. The van der Waals surface area contributed by atoms with Gasteiger partial charge in [0.05, 0.1) is 18.2 Å². The lowest BCUT2D eigenvalue weighted by Gasteiger charge is -2.18. The van der Waals surface area contributed by atoms with Crippen LogP contribution in [0.15, 0.2) is 40.6 Å². The molecule has 1 aromatic carbocycles. The van der Waals surface area contributed by atoms with E-state index in [1.165, 1.54) is 12.1 Å². The Balaban J connectivity index is 2.71. The van der Waals surface area contributed by atoms with Gasteiger partial charge < -0.3 is 4.84 Å². The van der Waals surface area contributed by atoms with Crippen LogP contribution >= 0.6 is 11.8 Å². The predicted octanol–water partition coefficient (Wildman–Crippen LogP) is 4.63. The number of benzene rings is 1. The highest BCUT2D eigenvalue weighted by atomic mass is 32.2. The lowest BCUT2D eigenvalue weighted by Crippen LogP contribution is -2.27. The van der Waals surface area contributed by atoms with E-state index < -0.39 is 11.7 Å². The first-order valence-corrected chi connectivity index (χ1v) is 7.08. The summed E-state index contributed by atoms with van der Waals surface area (Å²) in [7, 11) is 0. The maximum Gasteiger partial charge on any atom is 0.417 e. The molecular weight excluding hydrogens is 287 g/mol. The molecule has 20 heavy (non-hydrogen) atoms. The average molecular weight is 305 g/mol. The number of rotatable bonds is 7. The summed E-state index contributed by atoms with van der Waals surface area (Å²) < 4.78 is 38.6. The molecule has 0 aliphatic heterocycles. The molecule has 0 amide bonds. The van der Waals surface area contributed by atoms with Crippen LogP contribution in [0.2, 0.25) is 0 Å². The van der Waals surface area contributed by atoms with Crippen LogP contribution in [0.5, 0.6) is 0 Å². The van der Waals surface area contributed by atoms with Crippen molar-refractivity contribution in [3.63, 3.8) is 0 Å². The van der Waals surface area contributed by atoms with Crippen LogP contribution < -0.4 is 5.48 Å². The molecule has 0 saturated carbocycles. The van der Waals surface area contributed by atoms with Gasteiger partial charge in [-0.05, 0) is 25.5 Å². The van der Waals surface area contributed by atoms with Gasteiger partial charge >= 0.3 is 6.18 Å². The topological polar surface area (TPSA) is 21.3 Å². The minimum absolute atomic E-state index is 0.147. The van der Waals surface area contributed by atoms with Crippen LogP contribution in [-0.4, -0.2) is 12.6 Å². The van der Waals surface area contributed by atoms with Crippen LogP contribution in [0.1, 0.15) is 25.8 Å². The predicted molar refractivity (Wildman–Crippen MR) is 75.3 cm³/mol. The first-order chi connectivity index (χ1) is 9.36. The van der Waals surface area contributed by atoms with Gasteiger partial charge in [0.25, 0.3) is 0 Å². The molecule has 1 N–H and O–H groups in total. The zero-order chi connectivity index (χ0) is 15.2. The van der Waals surface area contributed by atoms with E-state index >= 15 is 0 Å². The molecule has 112 valence electrons. The van der Waals surface area contributed by atoms with E-state index in [1.54, 1.807) is 13.0 Å². The average Bonchev–Trinajstić information content (AvgIpc) is 2.38. The van der Waals surface area contributed by atoms with E-state index in [-0.39, 0.29) is 10.9 Å². The van der Waals surface area contributed by atoms with Crippen molar-refractivity contribution < 1.29 is 18.0 Å². The molecule has 0 aliphatic carbocycles. The largest absolute Gasteiger partial charge is 0.417 e. The van der Waals surface area contributed by atoms with E-state index in [4.69, 9.17) is 4.84 Å². The molecule has 0 heterocycles. The van der Waals surface area contributed by atoms with Gasteiger partial charge in [0.1, 0.15) is 0 Å². The molecule has 1 rings (SSSR count). The van der Waals surface area contributed by atoms with Gasteiger partial charge in [0.2, 0.25) is 0 Å². The van der Waals surface area contributed by atoms with Crippen molar-refractivity contribution in [1.29, 1.82) is 0 Å². The van der Waals surface area contributed by atoms with E-state index in [0.29, 0.717) is 11.5 Å². The van der Waals surface area contributed by atoms with Gasteiger partial charge in [0, 0.05) is 9.80 Å². The first-order valence-electron chi connectivity index (χ1n) is 6.26. The van der Waals surface area contributed by atoms with Crippen molar-refractivity contribution >= 4 is 11.8 Å². The molecular formula is C14H18F3NOS. The number of thioether (sulfide) groups is 1. The summed E-state index contributed by atoms with van der Waals surface area (Å²) in [5.74, 6) is 0. The summed E-state index contributed by atoms with van der Waals surface area (Å²) >= 11 is 1.01. The highest BCUT2D eigenvalue weighted by Gasteiger charge is 2.33. The lowest BCUT2D eigenvalue weighted by atomic mass is 10.2.